The van der Waals surface area contributed by atoms with Gasteiger partial charge in [0.2, 0.25) is 0 Å². The van der Waals surface area contributed by atoms with Crippen molar-refractivity contribution in [1.82, 2.24) is 5.32 Å². The fraction of sp³-hybridized carbons (Fsp3) is 0.241. The third kappa shape index (κ3) is 3.89. The topological polar surface area (TPSA) is 76.7 Å². The van der Waals surface area contributed by atoms with E-state index in [-0.39, 0.29) is 5.91 Å². The van der Waals surface area contributed by atoms with E-state index in [1.165, 1.54) is 17.6 Å². The Kier molecular flexibility index (Phi) is 5.64. The van der Waals surface area contributed by atoms with E-state index in [0.717, 1.165) is 46.2 Å². The highest BCUT2D eigenvalue weighted by atomic mass is 32.1. The van der Waals surface area contributed by atoms with Gasteiger partial charge in [-0.2, -0.15) is 0 Å². The minimum Gasteiger partial charge on any atom is -0.493 e. The highest BCUT2D eigenvalue weighted by Gasteiger charge is 2.33. The lowest BCUT2D eigenvalue weighted by molar-refractivity contribution is 0.0731. The van der Waals surface area contributed by atoms with E-state index >= 15 is 0 Å². The van der Waals surface area contributed by atoms with Crippen LogP contribution in [0.5, 0.6) is 11.5 Å². The van der Waals surface area contributed by atoms with Crippen LogP contribution in [0.15, 0.2) is 60.7 Å². The van der Waals surface area contributed by atoms with Gasteiger partial charge < -0.3 is 20.1 Å². The zero-order chi connectivity index (χ0) is 24.8. The van der Waals surface area contributed by atoms with Crippen molar-refractivity contribution in [2.75, 3.05) is 12.4 Å². The van der Waals surface area contributed by atoms with E-state index in [1.807, 2.05) is 42.5 Å². The second kappa shape index (κ2) is 8.99. The van der Waals surface area contributed by atoms with Crippen LogP contribution in [-0.4, -0.2) is 19.0 Å². The molecular weight excluding hydrogens is 472 g/mol. The van der Waals surface area contributed by atoms with Gasteiger partial charge in [-0.05, 0) is 65.3 Å². The average Bonchev–Trinajstić information content (AvgIpc) is 3.26. The van der Waals surface area contributed by atoms with Gasteiger partial charge in [0, 0.05) is 4.88 Å². The van der Waals surface area contributed by atoms with Crippen LogP contribution in [0.25, 0.3) is 10.8 Å². The number of carbonyl (C=O) groups is 2. The molecule has 0 saturated carbocycles. The lowest BCUT2D eigenvalue weighted by Crippen LogP contribution is -2.38. The Morgan fingerprint density at radius 2 is 1.86 bits per heavy atom. The van der Waals surface area contributed by atoms with Crippen LogP contribution in [-0.2, 0) is 12.8 Å². The first-order valence-corrected chi connectivity index (χ1v) is 12.9. The van der Waals surface area contributed by atoms with Crippen molar-refractivity contribution in [1.29, 1.82) is 0 Å². The van der Waals surface area contributed by atoms with Crippen molar-refractivity contribution in [2.45, 2.75) is 32.4 Å². The summed E-state index contributed by atoms with van der Waals surface area (Å²) in [5.74, 6) is 0.880. The number of rotatable bonds is 4. The normalized spacial score (nSPS) is 18.6. The van der Waals surface area contributed by atoms with E-state index in [4.69, 9.17) is 9.47 Å². The Labute approximate surface area is 213 Å². The summed E-state index contributed by atoms with van der Waals surface area (Å²) < 4.78 is 11.3. The minimum absolute atomic E-state index is 0.0498. The molecule has 0 spiro atoms. The number of thiophene rings is 1. The molecule has 1 aromatic heterocycles. The molecule has 0 bridgehead atoms. The number of hydrogen-bond acceptors (Lipinski definition) is 6. The van der Waals surface area contributed by atoms with Gasteiger partial charge in [-0.25, -0.2) is 4.79 Å². The van der Waals surface area contributed by atoms with Gasteiger partial charge in [0.1, 0.15) is 11.2 Å². The fourth-order valence-electron chi connectivity index (χ4n) is 5.14. The summed E-state index contributed by atoms with van der Waals surface area (Å²) in [6, 6.07) is 18.6. The molecule has 1 amide bonds. The number of methoxy groups -OCH3 is 1. The summed E-state index contributed by atoms with van der Waals surface area (Å²) in [6.45, 7) is 2.26. The zero-order valence-electron chi connectivity index (χ0n) is 20.1. The van der Waals surface area contributed by atoms with Crippen molar-refractivity contribution in [3.8, 4) is 11.5 Å². The lowest BCUT2D eigenvalue weighted by atomic mass is 9.88. The Morgan fingerprint density at radius 3 is 2.72 bits per heavy atom. The Balaban J connectivity index is 1.26. The predicted molar refractivity (Wildman–Crippen MR) is 141 cm³/mol. The molecule has 2 heterocycles. The first-order chi connectivity index (χ1) is 17.5. The van der Waals surface area contributed by atoms with Crippen molar-refractivity contribution < 1.29 is 19.1 Å². The number of benzene rings is 3. The van der Waals surface area contributed by atoms with Gasteiger partial charge in [0.25, 0.3) is 5.91 Å². The molecule has 6 nitrogen and oxygen atoms in total. The molecule has 1 aliphatic heterocycles. The highest BCUT2D eigenvalue weighted by Crippen LogP contribution is 2.43. The molecule has 3 aromatic carbocycles. The summed E-state index contributed by atoms with van der Waals surface area (Å²) in [4.78, 5) is 27.4. The number of amides is 1. The maximum atomic E-state index is 13.1. The van der Waals surface area contributed by atoms with Crippen molar-refractivity contribution in [3.63, 3.8) is 0 Å². The summed E-state index contributed by atoms with van der Waals surface area (Å²) in [5.41, 5.74) is 3.30. The molecule has 7 heteroatoms. The number of carbonyl (C=O) groups excluding carboxylic acids is 2. The van der Waals surface area contributed by atoms with Crippen molar-refractivity contribution in [3.05, 3.63) is 87.8 Å². The molecule has 2 aliphatic rings. The number of ether oxygens (including phenoxy) is 2. The van der Waals surface area contributed by atoms with Gasteiger partial charge in [0.05, 0.1) is 18.2 Å². The first kappa shape index (κ1) is 22.6. The smallest absolute Gasteiger partial charge is 0.344 e. The van der Waals surface area contributed by atoms with E-state index < -0.39 is 12.1 Å². The Bertz CT molecular complexity index is 1500. The molecule has 36 heavy (non-hydrogen) atoms. The molecule has 2 atom stereocenters. The van der Waals surface area contributed by atoms with Crippen LogP contribution in [0, 0.1) is 5.92 Å². The van der Waals surface area contributed by atoms with Gasteiger partial charge in [-0.3, -0.25) is 4.79 Å². The molecule has 4 aromatic rings. The molecule has 2 unspecified atom stereocenters. The van der Waals surface area contributed by atoms with Gasteiger partial charge in [-0.1, -0.05) is 49.4 Å². The maximum absolute atomic E-state index is 13.1. The molecule has 0 radical (unpaired) electrons. The third-order valence-corrected chi connectivity index (χ3v) is 8.21. The standard InChI is InChI=1S/C29H26N2O4S/c1-16-10-12-21-24(14-16)36-28-25(21)27(32)30-26(31-28)18-11-13-22(23(15-18)34-2)35-29(33)20-9-5-7-17-6-3-4-8-19(17)20/h3-9,11,13,15-16,26,31H,10,12,14H2,1-2H3,(H,30,32). The summed E-state index contributed by atoms with van der Waals surface area (Å²) >= 11 is 1.69. The van der Waals surface area contributed by atoms with Crippen molar-refractivity contribution in [2.24, 2.45) is 5.92 Å². The monoisotopic (exact) mass is 498 g/mol. The summed E-state index contributed by atoms with van der Waals surface area (Å²) in [5, 5.41) is 9.31. The quantitative estimate of drug-likeness (QED) is 0.262. The number of esters is 1. The SMILES string of the molecule is COc1cc(C2NC(=O)c3c(sc4c3CCC(C)C4)N2)ccc1OC(=O)c1cccc2ccccc12. The number of anilines is 1. The summed E-state index contributed by atoms with van der Waals surface area (Å²) in [7, 11) is 1.54. The number of nitrogens with one attached hydrogen (secondary N) is 2. The Hall–Kier alpha value is -3.84. The largest absolute Gasteiger partial charge is 0.493 e. The summed E-state index contributed by atoms with van der Waals surface area (Å²) in [6.07, 6.45) is 2.69. The van der Waals surface area contributed by atoms with Crippen LogP contribution < -0.4 is 20.1 Å². The predicted octanol–water partition coefficient (Wildman–Crippen LogP) is 6.11. The van der Waals surface area contributed by atoms with Crippen molar-refractivity contribution >= 4 is 39.0 Å². The average molecular weight is 499 g/mol. The lowest BCUT2D eigenvalue weighted by Gasteiger charge is -2.27. The van der Waals surface area contributed by atoms with Crippen LogP contribution in [0.1, 0.15) is 56.2 Å². The molecular formula is C29H26N2O4S. The highest BCUT2D eigenvalue weighted by molar-refractivity contribution is 7.16. The van der Waals surface area contributed by atoms with Gasteiger partial charge >= 0.3 is 5.97 Å². The van der Waals surface area contributed by atoms with E-state index in [9.17, 15) is 9.59 Å². The van der Waals surface area contributed by atoms with Gasteiger partial charge in [0.15, 0.2) is 11.5 Å². The van der Waals surface area contributed by atoms with Crippen LogP contribution in [0.3, 0.4) is 0 Å². The number of hydrogen-bond donors (Lipinski definition) is 2. The van der Waals surface area contributed by atoms with Crippen LogP contribution in [0.2, 0.25) is 0 Å². The fourth-order valence-corrected chi connectivity index (χ4v) is 6.57. The van der Waals surface area contributed by atoms with E-state index in [2.05, 4.69) is 17.6 Å². The van der Waals surface area contributed by atoms with Gasteiger partial charge in [-0.15, -0.1) is 11.3 Å². The molecule has 182 valence electrons. The molecule has 2 N–H and O–H groups in total. The second-order valence-electron chi connectivity index (χ2n) is 9.43. The minimum atomic E-state index is -0.454. The third-order valence-electron chi connectivity index (χ3n) is 7.02. The van der Waals surface area contributed by atoms with E-state index in [0.29, 0.717) is 23.0 Å². The Morgan fingerprint density at radius 1 is 1.03 bits per heavy atom. The maximum Gasteiger partial charge on any atom is 0.344 e. The van der Waals surface area contributed by atoms with Crippen LogP contribution >= 0.6 is 11.3 Å². The molecule has 0 fully saturated rings. The zero-order valence-corrected chi connectivity index (χ0v) is 20.9. The van der Waals surface area contributed by atoms with Crippen LogP contribution in [0.4, 0.5) is 5.00 Å². The first-order valence-electron chi connectivity index (χ1n) is 12.1. The van der Waals surface area contributed by atoms with E-state index in [1.54, 1.807) is 29.5 Å². The molecule has 0 saturated heterocycles. The number of fused-ring (bicyclic) bond motifs is 4. The second-order valence-corrected chi connectivity index (χ2v) is 10.5. The molecule has 1 aliphatic carbocycles. The molecule has 6 rings (SSSR count).